The van der Waals surface area contributed by atoms with Gasteiger partial charge in [-0.05, 0) is 0 Å². The Morgan fingerprint density at radius 2 is 1.35 bits per heavy atom. The summed E-state index contributed by atoms with van der Waals surface area (Å²) in [5.41, 5.74) is -2.11. The maximum atomic E-state index is 10.1. The van der Waals surface area contributed by atoms with Gasteiger partial charge in [0.25, 0.3) is 0 Å². The molecule has 0 bridgehead atoms. The number of carboxylic acid groups (broad SMARTS) is 1. The number of rotatable bonds is 9. The molecule has 0 heterocycles. The Hall–Kier alpha value is -1.51. The van der Waals surface area contributed by atoms with Crippen LogP contribution in [0.5, 0.6) is 0 Å². The van der Waals surface area contributed by atoms with Gasteiger partial charge in [0.2, 0.25) is 0 Å². The van der Waals surface area contributed by atoms with E-state index in [0.29, 0.717) is 0 Å². The molecular formula is C11H20O12. The first-order valence-electron chi connectivity index (χ1n) is 6.00. The van der Waals surface area contributed by atoms with E-state index in [4.69, 9.17) is 46.0 Å². The Morgan fingerprint density at radius 1 is 0.913 bits per heavy atom. The molecule has 0 spiro atoms. The summed E-state index contributed by atoms with van der Waals surface area (Å²) in [5, 5.41) is 77.5. The van der Waals surface area contributed by atoms with E-state index in [1.807, 2.05) is 0 Å². The van der Waals surface area contributed by atoms with E-state index in [0.717, 1.165) is 0 Å². The number of aliphatic hydroxyl groups excluding tert-OH is 7. The third-order valence-corrected chi connectivity index (χ3v) is 2.64. The number of carbonyl (C=O) groups excluding carboxylic acids is 2. The number of hydrogen-bond donors (Lipinski definition) is 9. The van der Waals surface area contributed by atoms with Crippen LogP contribution in [0.25, 0.3) is 0 Å². The fraction of sp³-hybridized carbons (Fsp3) is 0.727. The Morgan fingerprint density at radius 3 is 1.57 bits per heavy atom. The van der Waals surface area contributed by atoms with E-state index in [9.17, 15) is 14.4 Å². The summed E-state index contributed by atoms with van der Waals surface area (Å²) >= 11 is 0. The Kier molecular flexibility index (Phi) is 11.5. The third-order valence-electron chi connectivity index (χ3n) is 2.64. The third kappa shape index (κ3) is 7.54. The molecule has 0 rings (SSSR count). The molecule has 0 radical (unpaired) electrons. The average Bonchev–Trinajstić information content (AvgIpc) is 2.57. The monoisotopic (exact) mass is 344 g/mol. The molecule has 0 fully saturated rings. The molecule has 0 amide bonds. The molecule has 0 aliphatic rings. The number of carboxylic acids is 1. The lowest BCUT2D eigenvalue weighted by Crippen LogP contribution is -2.49. The summed E-state index contributed by atoms with van der Waals surface area (Å²) in [5.74, 6) is -1.76. The van der Waals surface area contributed by atoms with Crippen LogP contribution in [0.1, 0.15) is 0 Å². The minimum atomic E-state index is -2.25. The van der Waals surface area contributed by atoms with Gasteiger partial charge in [0.05, 0.1) is 13.2 Å². The van der Waals surface area contributed by atoms with Crippen molar-refractivity contribution >= 4 is 18.5 Å². The highest BCUT2D eigenvalue weighted by Gasteiger charge is 2.34. The van der Waals surface area contributed by atoms with Crippen LogP contribution in [0.3, 0.4) is 0 Å². The lowest BCUT2D eigenvalue weighted by molar-refractivity contribution is -0.163. The molecule has 0 aromatic carbocycles. The van der Waals surface area contributed by atoms with Gasteiger partial charge < -0.3 is 55.5 Å². The summed E-state index contributed by atoms with van der Waals surface area (Å²) in [6, 6.07) is 0. The predicted molar refractivity (Wildman–Crippen MR) is 68.9 cm³/mol. The smallest absolute Gasteiger partial charge is 0.335 e. The Labute approximate surface area is 129 Å². The van der Waals surface area contributed by atoms with Crippen LogP contribution in [0.2, 0.25) is 0 Å². The van der Waals surface area contributed by atoms with E-state index in [2.05, 4.69) is 0 Å². The summed E-state index contributed by atoms with van der Waals surface area (Å²) in [4.78, 5) is 29.8. The second-order valence-corrected chi connectivity index (χ2v) is 4.39. The quantitative estimate of drug-likeness (QED) is 0.178. The molecule has 9 N–H and O–H groups in total. The van der Waals surface area contributed by atoms with Crippen LogP contribution in [0, 0.1) is 0 Å². The van der Waals surface area contributed by atoms with Crippen LogP contribution < -0.4 is 0 Å². The van der Waals surface area contributed by atoms with Gasteiger partial charge in [-0.1, -0.05) is 0 Å². The summed E-state index contributed by atoms with van der Waals surface area (Å²) in [6.45, 7) is -1.72. The van der Waals surface area contributed by atoms with E-state index >= 15 is 0 Å². The number of hydrogen-bond acceptors (Lipinski definition) is 11. The lowest BCUT2D eigenvalue weighted by atomic mass is 10.0. The minimum Gasteiger partial charge on any atom is -0.479 e. The molecule has 136 valence electrons. The average molecular weight is 344 g/mol. The zero-order valence-corrected chi connectivity index (χ0v) is 11.7. The molecular weight excluding hydrogens is 324 g/mol. The summed E-state index contributed by atoms with van der Waals surface area (Å²) in [7, 11) is 0. The molecule has 0 aromatic heterocycles. The maximum absolute atomic E-state index is 10.1. The molecule has 23 heavy (non-hydrogen) atoms. The summed E-state index contributed by atoms with van der Waals surface area (Å²) in [6.07, 6.45) is -10.1. The van der Waals surface area contributed by atoms with E-state index in [1.165, 1.54) is 0 Å². The van der Waals surface area contributed by atoms with Crippen LogP contribution in [-0.2, 0) is 14.4 Å². The highest BCUT2D eigenvalue weighted by atomic mass is 16.4. The molecule has 0 saturated heterocycles. The number of aliphatic hydroxyl groups is 8. The zero-order valence-electron chi connectivity index (χ0n) is 11.7. The molecule has 0 aromatic rings. The van der Waals surface area contributed by atoms with E-state index in [1.54, 1.807) is 0 Å². The van der Waals surface area contributed by atoms with Gasteiger partial charge in [-0.2, -0.15) is 0 Å². The van der Waals surface area contributed by atoms with Crippen molar-refractivity contribution in [2.45, 2.75) is 36.1 Å². The van der Waals surface area contributed by atoms with E-state index in [-0.39, 0.29) is 12.6 Å². The molecule has 0 aliphatic heterocycles. The van der Waals surface area contributed by atoms with Crippen LogP contribution in [0.4, 0.5) is 0 Å². The second-order valence-electron chi connectivity index (χ2n) is 4.39. The van der Waals surface area contributed by atoms with Crippen molar-refractivity contribution in [3.63, 3.8) is 0 Å². The first kappa shape index (κ1) is 23.8. The first-order valence-corrected chi connectivity index (χ1v) is 6.00. The molecule has 5 atom stereocenters. The number of aliphatic carboxylic acids is 1. The predicted octanol–water partition coefficient (Wildman–Crippen LogP) is -6.02. The minimum absolute atomic E-state index is 0.0481. The SMILES string of the molecule is O=CC(O)C(O)(CO)CO.O=CC(O)C(O)C(O)C(O)C(=O)O. The summed E-state index contributed by atoms with van der Waals surface area (Å²) < 4.78 is 0. The van der Waals surface area contributed by atoms with Gasteiger partial charge >= 0.3 is 5.97 Å². The fourth-order valence-electron chi connectivity index (χ4n) is 0.979. The highest BCUT2D eigenvalue weighted by molar-refractivity contribution is 5.73. The Bertz CT molecular complexity index is 368. The molecule has 0 aliphatic carbocycles. The van der Waals surface area contributed by atoms with Gasteiger partial charge in [-0.15, -0.1) is 0 Å². The highest BCUT2D eigenvalue weighted by Crippen LogP contribution is 2.06. The molecule has 0 saturated carbocycles. The first-order chi connectivity index (χ1) is 10.5. The van der Waals surface area contributed by atoms with Gasteiger partial charge in [-0.3, -0.25) is 0 Å². The van der Waals surface area contributed by atoms with Crippen molar-refractivity contribution < 1.29 is 60.3 Å². The Balaban J connectivity index is 0. The van der Waals surface area contributed by atoms with Crippen molar-refractivity contribution in [2.24, 2.45) is 0 Å². The molecule has 5 unspecified atom stereocenters. The van der Waals surface area contributed by atoms with Crippen molar-refractivity contribution in [1.29, 1.82) is 0 Å². The number of carbonyl (C=O) groups is 3. The van der Waals surface area contributed by atoms with Crippen LogP contribution in [-0.4, -0.2) is 114 Å². The lowest BCUT2D eigenvalue weighted by Gasteiger charge is -2.24. The van der Waals surface area contributed by atoms with Crippen LogP contribution in [0.15, 0.2) is 0 Å². The van der Waals surface area contributed by atoms with Crippen molar-refractivity contribution in [1.82, 2.24) is 0 Å². The fourth-order valence-corrected chi connectivity index (χ4v) is 0.979. The van der Waals surface area contributed by atoms with Gasteiger partial charge in [0.15, 0.2) is 18.7 Å². The molecule has 12 nitrogen and oxygen atoms in total. The molecule has 12 heteroatoms. The largest absolute Gasteiger partial charge is 0.479 e. The van der Waals surface area contributed by atoms with Crippen molar-refractivity contribution in [3.05, 3.63) is 0 Å². The zero-order chi connectivity index (χ0) is 18.8. The van der Waals surface area contributed by atoms with E-state index < -0.39 is 55.3 Å². The topological polar surface area (TPSA) is 233 Å². The standard InChI is InChI=1S/C6H10O7.C5H10O5/c7-1-2(8)3(9)4(10)5(11)6(12)13;6-1-4(9)5(10,2-7)3-8/h1-5,8-11H,(H,12,13);1,4,7-10H,2-3H2. The van der Waals surface area contributed by atoms with Gasteiger partial charge in [0, 0.05) is 0 Å². The van der Waals surface area contributed by atoms with Crippen molar-refractivity contribution in [2.75, 3.05) is 13.2 Å². The second kappa shape index (κ2) is 11.1. The van der Waals surface area contributed by atoms with Crippen molar-refractivity contribution in [3.8, 4) is 0 Å². The van der Waals surface area contributed by atoms with Crippen LogP contribution >= 0.6 is 0 Å². The maximum Gasteiger partial charge on any atom is 0.335 e. The normalized spacial score (nSPS) is 17.7. The van der Waals surface area contributed by atoms with Gasteiger partial charge in [0.1, 0.15) is 30.0 Å². The van der Waals surface area contributed by atoms with Gasteiger partial charge in [-0.25, -0.2) is 4.79 Å². The number of aldehydes is 2.